The normalized spacial score (nSPS) is 15.3. The molecule has 0 fully saturated rings. The van der Waals surface area contributed by atoms with Crippen molar-refractivity contribution in [1.82, 2.24) is 0 Å². The predicted octanol–water partition coefficient (Wildman–Crippen LogP) is 0.674. The largest absolute Gasteiger partial charge is 0.466 e. The van der Waals surface area contributed by atoms with E-state index in [4.69, 9.17) is 10.5 Å². The van der Waals surface area contributed by atoms with E-state index in [0.29, 0.717) is 18.9 Å². The van der Waals surface area contributed by atoms with Gasteiger partial charge in [0.05, 0.1) is 19.1 Å². The summed E-state index contributed by atoms with van der Waals surface area (Å²) in [6, 6.07) is -0.348. The summed E-state index contributed by atoms with van der Waals surface area (Å²) in [5.74, 6) is 0.0288. The van der Waals surface area contributed by atoms with Gasteiger partial charge in [-0.1, -0.05) is 13.8 Å². The average Bonchev–Trinajstić information content (AvgIpc) is 2.02. The summed E-state index contributed by atoms with van der Waals surface area (Å²) < 4.78 is 4.71. The Bertz CT molecular complexity index is 171. The lowest BCUT2D eigenvalue weighted by Gasteiger charge is -2.19. The van der Waals surface area contributed by atoms with Crippen LogP contribution < -0.4 is 5.73 Å². The first kappa shape index (κ1) is 13.4. The fourth-order valence-corrected chi connectivity index (χ4v) is 1.24. The van der Waals surface area contributed by atoms with E-state index in [-0.39, 0.29) is 18.4 Å². The highest BCUT2D eigenvalue weighted by Gasteiger charge is 2.19. The van der Waals surface area contributed by atoms with Gasteiger partial charge in [0.2, 0.25) is 0 Å². The van der Waals surface area contributed by atoms with Gasteiger partial charge < -0.3 is 15.6 Å². The highest BCUT2D eigenvalue weighted by molar-refractivity contribution is 5.70. The Hall–Kier alpha value is -0.610. The molecule has 0 aliphatic heterocycles. The molecule has 84 valence electrons. The fourth-order valence-electron chi connectivity index (χ4n) is 1.24. The third-order valence-electron chi connectivity index (χ3n) is 1.92. The van der Waals surface area contributed by atoms with Crippen LogP contribution in [0.2, 0.25) is 0 Å². The molecule has 14 heavy (non-hydrogen) atoms. The van der Waals surface area contributed by atoms with E-state index in [9.17, 15) is 9.90 Å². The first-order chi connectivity index (χ1) is 6.47. The molecule has 0 spiro atoms. The maximum Gasteiger partial charge on any atom is 0.308 e. The molecule has 0 aliphatic carbocycles. The highest BCUT2D eigenvalue weighted by Crippen LogP contribution is 2.08. The number of hydrogen-bond donors (Lipinski definition) is 2. The van der Waals surface area contributed by atoms with E-state index in [1.165, 1.54) is 0 Å². The topological polar surface area (TPSA) is 72.5 Å². The molecule has 0 aromatic heterocycles. The molecule has 0 amide bonds. The first-order valence-corrected chi connectivity index (χ1v) is 5.06. The quantitative estimate of drug-likeness (QED) is 0.622. The van der Waals surface area contributed by atoms with Crippen LogP contribution in [0.4, 0.5) is 0 Å². The Kier molecular flexibility index (Phi) is 6.49. The summed E-state index contributed by atoms with van der Waals surface area (Å²) in [4.78, 5) is 11.0. The van der Waals surface area contributed by atoms with Crippen molar-refractivity contribution in [3.63, 3.8) is 0 Å². The summed E-state index contributed by atoms with van der Waals surface area (Å²) in [5.41, 5.74) is 5.70. The van der Waals surface area contributed by atoms with Crippen molar-refractivity contribution >= 4 is 5.97 Å². The van der Waals surface area contributed by atoms with Gasteiger partial charge in [0.1, 0.15) is 0 Å². The van der Waals surface area contributed by atoms with Gasteiger partial charge >= 0.3 is 5.97 Å². The SMILES string of the molecule is CCOC(=O)C[C@H](O)[C@@H](N)CC(C)C. The Balaban J connectivity index is 3.82. The van der Waals surface area contributed by atoms with Gasteiger partial charge in [-0.05, 0) is 19.3 Å². The van der Waals surface area contributed by atoms with Gasteiger partial charge in [0.25, 0.3) is 0 Å². The van der Waals surface area contributed by atoms with E-state index in [1.54, 1.807) is 6.92 Å². The number of carbonyl (C=O) groups excluding carboxylic acids is 1. The summed E-state index contributed by atoms with van der Waals surface area (Å²) in [6.07, 6.45) is -0.0982. The fraction of sp³-hybridized carbons (Fsp3) is 0.900. The molecule has 0 rings (SSSR count). The second kappa shape index (κ2) is 6.79. The zero-order valence-corrected chi connectivity index (χ0v) is 9.19. The molecule has 0 saturated carbocycles. The van der Waals surface area contributed by atoms with E-state index in [2.05, 4.69) is 0 Å². The third-order valence-corrected chi connectivity index (χ3v) is 1.92. The van der Waals surface area contributed by atoms with Crippen molar-refractivity contribution in [2.45, 2.75) is 45.8 Å². The molecular weight excluding hydrogens is 182 g/mol. The van der Waals surface area contributed by atoms with Crippen LogP contribution in [0.3, 0.4) is 0 Å². The number of carbonyl (C=O) groups is 1. The summed E-state index contributed by atoms with van der Waals surface area (Å²) in [5, 5.41) is 9.54. The number of aliphatic hydroxyl groups is 1. The van der Waals surface area contributed by atoms with E-state index >= 15 is 0 Å². The van der Waals surface area contributed by atoms with E-state index in [1.807, 2.05) is 13.8 Å². The molecule has 0 aliphatic rings. The zero-order chi connectivity index (χ0) is 11.1. The van der Waals surface area contributed by atoms with E-state index < -0.39 is 6.10 Å². The first-order valence-electron chi connectivity index (χ1n) is 5.06. The number of esters is 1. The summed E-state index contributed by atoms with van der Waals surface area (Å²) >= 11 is 0. The molecule has 4 nitrogen and oxygen atoms in total. The van der Waals surface area contributed by atoms with Crippen LogP contribution in [0.5, 0.6) is 0 Å². The molecule has 0 heterocycles. The van der Waals surface area contributed by atoms with Gasteiger partial charge in [-0.2, -0.15) is 0 Å². The molecule has 0 unspecified atom stereocenters. The molecule has 0 aromatic carbocycles. The molecule has 2 atom stereocenters. The van der Waals surface area contributed by atoms with Gasteiger partial charge in [0, 0.05) is 6.04 Å². The van der Waals surface area contributed by atoms with Crippen molar-refractivity contribution in [3.05, 3.63) is 0 Å². The minimum atomic E-state index is -0.795. The molecule has 0 saturated heterocycles. The maximum absolute atomic E-state index is 11.0. The smallest absolute Gasteiger partial charge is 0.308 e. The molecule has 0 bridgehead atoms. The molecule has 0 radical (unpaired) electrons. The Morgan fingerprint density at radius 2 is 2.07 bits per heavy atom. The average molecular weight is 203 g/mol. The number of rotatable bonds is 6. The Labute approximate surface area is 85.4 Å². The molecular formula is C10H21NO3. The number of nitrogens with two attached hydrogens (primary N) is 1. The van der Waals surface area contributed by atoms with Crippen LogP contribution in [-0.2, 0) is 9.53 Å². The minimum Gasteiger partial charge on any atom is -0.466 e. The summed E-state index contributed by atoms with van der Waals surface area (Å²) in [6.45, 7) is 6.12. The van der Waals surface area contributed by atoms with Crippen LogP contribution in [0.1, 0.15) is 33.6 Å². The standard InChI is InChI=1S/C10H21NO3/c1-4-14-10(13)6-9(12)8(11)5-7(2)3/h7-9,12H,4-6,11H2,1-3H3/t8-,9-/m0/s1. The lowest BCUT2D eigenvalue weighted by atomic mass is 9.98. The van der Waals surface area contributed by atoms with Crippen LogP contribution in [0, 0.1) is 5.92 Å². The third kappa shape index (κ3) is 5.94. The maximum atomic E-state index is 11.0. The zero-order valence-electron chi connectivity index (χ0n) is 9.19. The lowest BCUT2D eigenvalue weighted by Crippen LogP contribution is -2.37. The van der Waals surface area contributed by atoms with Gasteiger partial charge in [0.15, 0.2) is 0 Å². The van der Waals surface area contributed by atoms with E-state index in [0.717, 1.165) is 0 Å². The monoisotopic (exact) mass is 203 g/mol. The van der Waals surface area contributed by atoms with Crippen molar-refractivity contribution < 1.29 is 14.6 Å². The second-order valence-corrected chi connectivity index (χ2v) is 3.87. The molecule has 4 heteroatoms. The van der Waals surface area contributed by atoms with Crippen LogP contribution >= 0.6 is 0 Å². The number of ether oxygens (including phenoxy) is 1. The van der Waals surface area contributed by atoms with Crippen LogP contribution in [0.15, 0.2) is 0 Å². The van der Waals surface area contributed by atoms with Crippen molar-refractivity contribution in [3.8, 4) is 0 Å². The Morgan fingerprint density at radius 3 is 2.50 bits per heavy atom. The lowest BCUT2D eigenvalue weighted by molar-refractivity contribution is -0.145. The number of aliphatic hydroxyl groups excluding tert-OH is 1. The van der Waals surface area contributed by atoms with Crippen molar-refractivity contribution in [1.29, 1.82) is 0 Å². The Morgan fingerprint density at radius 1 is 1.50 bits per heavy atom. The predicted molar refractivity (Wildman–Crippen MR) is 54.7 cm³/mol. The van der Waals surface area contributed by atoms with Crippen molar-refractivity contribution in [2.75, 3.05) is 6.61 Å². The molecule has 0 aromatic rings. The number of hydrogen-bond acceptors (Lipinski definition) is 4. The highest BCUT2D eigenvalue weighted by atomic mass is 16.5. The summed E-state index contributed by atoms with van der Waals surface area (Å²) in [7, 11) is 0. The van der Waals surface area contributed by atoms with Crippen molar-refractivity contribution in [2.24, 2.45) is 11.7 Å². The van der Waals surface area contributed by atoms with Crippen LogP contribution in [0.25, 0.3) is 0 Å². The molecule has 3 N–H and O–H groups in total. The van der Waals surface area contributed by atoms with Gasteiger partial charge in [-0.3, -0.25) is 4.79 Å². The second-order valence-electron chi connectivity index (χ2n) is 3.87. The van der Waals surface area contributed by atoms with Crippen LogP contribution in [-0.4, -0.2) is 29.8 Å². The van der Waals surface area contributed by atoms with Gasteiger partial charge in [-0.25, -0.2) is 0 Å². The van der Waals surface area contributed by atoms with Gasteiger partial charge in [-0.15, -0.1) is 0 Å². The minimum absolute atomic E-state index is 0.0122.